The maximum absolute atomic E-state index is 13.2. The van der Waals surface area contributed by atoms with Crippen LogP contribution >= 0.6 is 0 Å². The number of carbonyl (C=O) groups is 1. The van der Waals surface area contributed by atoms with E-state index in [-0.39, 0.29) is 20.9 Å². The molecule has 5 rings (SSSR count). The van der Waals surface area contributed by atoms with Crippen molar-refractivity contribution in [1.82, 2.24) is 0 Å². The molecule has 4 aromatic rings. The van der Waals surface area contributed by atoms with Gasteiger partial charge in [0.05, 0.1) is 9.79 Å². The Labute approximate surface area is 209 Å². The lowest BCUT2D eigenvalue weighted by molar-refractivity contribution is 0.104. The largest absolute Gasteiger partial charge is 0.572 e. The minimum atomic E-state index is -4.08. The van der Waals surface area contributed by atoms with Crippen LogP contribution in [0.2, 0.25) is 0 Å². The van der Waals surface area contributed by atoms with Crippen LogP contribution in [0.15, 0.2) is 94.7 Å². The monoisotopic (exact) mass is 516 g/mol. The van der Waals surface area contributed by atoms with Crippen LogP contribution in [-0.4, -0.2) is 22.6 Å². The summed E-state index contributed by atoms with van der Waals surface area (Å²) < 4.78 is 59.6. The van der Waals surface area contributed by atoms with Gasteiger partial charge in [0, 0.05) is 11.1 Å². The molecule has 1 aliphatic rings. The molecule has 9 heteroatoms. The summed E-state index contributed by atoms with van der Waals surface area (Å²) in [5.41, 5.74) is 3.47. The fourth-order valence-electron chi connectivity index (χ4n) is 4.05. The highest BCUT2D eigenvalue weighted by molar-refractivity contribution is 7.94. The SMILES string of the molecule is Cc1ccccc1[N-]S(=O)(=O)c1ccc2c(c1)C(=O)c1cc(S(=O)(=O)[N-]c3ccccc3C)ccc1-2. The number of carbonyl (C=O) groups excluding carboxylic acids is 1. The van der Waals surface area contributed by atoms with Crippen LogP contribution in [0, 0.1) is 13.8 Å². The number of ketones is 1. The first kappa shape index (κ1) is 23.8. The van der Waals surface area contributed by atoms with E-state index in [0.717, 1.165) is 0 Å². The van der Waals surface area contributed by atoms with E-state index in [1.165, 1.54) is 24.3 Å². The number of sulfonamides is 2. The third-order valence-electron chi connectivity index (χ3n) is 6.03. The molecule has 0 atom stereocenters. The molecule has 36 heavy (non-hydrogen) atoms. The van der Waals surface area contributed by atoms with Crippen molar-refractivity contribution < 1.29 is 21.6 Å². The van der Waals surface area contributed by atoms with Gasteiger partial charge in [-0.3, -0.25) is 4.79 Å². The lowest BCUT2D eigenvalue weighted by atomic mass is 10.1. The third-order valence-corrected chi connectivity index (χ3v) is 8.60. The number of aryl methyl sites for hydroxylation is 2. The van der Waals surface area contributed by atoms with E-state index in [4.69, 9.17) is 0 Å². The average molecular weight is 517 g/mol. The quantitative estimate of drug-likeness (QED) is 0.263. The zero-order chi connectivity index (χ0) is 25.7. The Kier molecular flexibility index (Phi) is 5.69. The second kappa shape index (κ2) is 8.61. The fraction of sp³-hybridized carbons (Fsp3) is 0.0741. The Morgan fingerprint density at radius 2 is 0.917 bits per heavy atom. The maximum Gasteiger partial charge on any atom is 0.194 e. The molecule has 0 spiro atoms. The summed E-state index contributed by atoms with van der Waals surface area (Å²) in [4.78, 5) is 13.0. The normalized spacial score (nSPS) is 12.7. The highest BCUT2D eigenvalue weighted by Gasteiger charge is 2.28. The van der Waals surface area contributed by atoms with Gasteiger partial charge in [0.15, 0.2) is 5.78 Å². The summed E-state index contributed by atoms with van der Waals surface area (Å²) in [5, 5.41) is 0. The zero-order valence-electron chi connectivity index (χ0n) is 19.3. The van der Waals surface area contributed by atoms with Gasteiger partial charge in [0.2, 0.25) is 0 Å². The van der Waals surface area contributed by atoms with Gasteiger partial charge in [-0.05, 0) is 49.2 Å². The van der Waals surface area contributed by atoms with E-state index >= 15 is 0 Å². The number of hydrogen-bond donors (Lipinski definition) is 0. The predicted octanol–water partition coefficient (Wildman–Crippen LogP) is 6.30. The van der Waals surface area contributed by atoms with Crippen LogP contribution in [0.4, 0.5) is 11.4 Å². The Morgan fingerprint density at radius 3 is 1.31 bits per heavy atom. The topological polar surface area (TPSA) is 114 Å². The summed E-state index contributed by atoms with van der Waals surface area (Å²) in [6.07, 6.45) is 0. The standard InChI is InChI=1S/C27H20N2O5S2/c1-17-7-3-5-9-25(17)28-35(31,32)19-11-13-21-22-14-12-20(16-24(22)27(30)23(21)15-19)36(33,34)29-26-10-6-4-8-18(26)2/h3-16H,1-2H3/q-2. The van der Waals surface area contributed by atoms with Crippen LogP contribution in [-0.2, 0) is 20.0 Å². The molecule has 7 nitrogen and oxygen atoms in total. The average Bonchev–Trinajstić information content (AvgIpc) is 3.13. The Bertz CT molecular complexity index is 1630. The van der Waals surface area contributed by atoms with E-state index in [0.29, 0.717) is 33.6 Å². The van der Waals surface area contributed by atoms with Crippen LogP contribution in [0.5, 0.6) is 0 Å². The lowest BCUT2D eigenvalue weighted by Gasteiger charge is -2.24. The van der Waals surface area contributed by atoms with Crippen molar-refractivity contribution in [3.05, 3.63) is 117 Å². The Morgan fingerprint density at radius 1 is 0.528 bits per heavy atom. The van der Waals surface area contributed by atoms with Crippen LogP contribution in [0.3, 0.4) is 0 Å². The van der Waals surface area contributed by atoms with Crippen molar-refractivity contribution in [2.24, 2.45) is 0 Å². The highest BCUT2D eigenvalue weighted by atomic mass is 32.2. The van der Waals surface area contributed by atoms with Crippen molar-refractivity contribution in [1.29, 1.82) is 0 Å². The summed E-state index contributed by atoms with van der Waals surface area (Å²) >= 11 is 0. The summed E-state index contributed by atoms with van der Waals surface area (Å²) in [5.74, 6) is -0.458. The lowest BCUT2D eigenvalue weighted by Crippen LogP contribution is -2.03. The molecular formula is C27H20N2O5S2-2. The van der Waals surface area contributed by atoms with Gasteiger partial charge in [-0.15, -0.1) is 11.4 Å². The molecule has 0 saturated heterocycles. The van der Waals surface area contributed by atoms with Crippen LogP contribution in [0.1, 0.15) is 27.0 Å². The predicted molar refractivity (Wildman–Crippen MR) is 138 cm³/mol. The van der Waals surface area contributed by atoms with E-state index in [1.807, 2.05) is 0 Å². The molecule has 0 saturated carbocycles. The number of hydrogen-bond acceptors (Lipinski definition) is 5. The molecule has 4 aromatic carbocycles. The van der Waals surface area contributed by atoms with Crippen molar-refractivity contribution in [2.45, 2.75) is 23.6 Å². The summed E-state index contributed by atoms with van der Waals surface area (Å²) in [7, 11) is -8.15. The van der Waals surface area contributed by atoms with E-state index in [9.17, 15) is 21.6 Å². The number of fused-ring (bicyclic) bond motifs is 3. The molecule has 0 N–H and O–H groups in total. The summed E-state index contributed by atoms with van der Waals surface area (Å²) in [6.45, 7) is 3.52. The van der Waals surface area contributed by atoms with Crippen molar-refractivity contribution >= 4 is 37.2 Å². The van der Waals surface area contributed by atoms with Crippen LogP contribution < -0.4 is 0 Å². The summed E-state index contributed by atoms with van der Waals surface area (Å²) in [6, 6.07) is 22.2. The third kappa shape index (κ3) is 4.16. The van der Waals surface area contributed by atoms with E-state index in [2.05, 4.69) is 9.44 Å². The molecule has 182 valence electrons. The highest BCUT2D eigenvalue weighted by Crippen LogP contribution is 2.41. The van der Waals surface area contributed by atoms with E-state index in [1.54, 1.807) is 74.5 Å². The smallest absolute Gasteiger partial charge is 0.194 e. The van der Waals surface area contributed by atoms with Gasteiger partial charge >= 0.3 is 0 Å². The van der Waals surface area contributed by atoms with Crippen LogP contribution in [0.25, 0.3) is 20.6 Å². The van der Waals surface area contributed by atoms with Crippen molar-refractivity contribution in [3.8, 4) is 11.1 Å². The molecule has 0 aromatic heterocycles. The molecule has 0 aliphatic heterocycles. The Hall–Kier alpha value is -3.95. The first-order valence-corrected chi connectivity index (χ1v) is 13.9. The van der Waals surface area contributed by atoms with Gasteiger partial charge in [-0.2, -0.15) is 0 Å². The maximum atomic E-state index is 13.2. The van der Waals surface area contributed by atoms with Gasteiger partial charge in [-0.1, -0.05) is 71.8 Å². The molecule has 0 fully saturated rings. The van der Waals surface area contributed by atoms with Crippen molar-refractivity contribution in [2.75, 3.05) is 0 Å². The number of nitrogens with zero attached hydrogens (tertiary/aromatic N) is 2. The van der Waals surface area contributed by atoms with Gasteiger partial charge in [0.1, 0.15) is 20.0 Å². The fourth-order valence-corrected chi connectivity index (χ4v) is 6.21. The first-order valence-electron chi connectivity index (χ1n) is 11.0. The molecule has 0 unspecified atom stereocenters. The minimum Gasteiger partial charge on any atom is -0.572 e. The van der Waals surface area contributed by atoms with Crippen molar-refractivity contribution in [3.63, 3.8) is 0 Å². The molecule has 1 aliphatic carbocycles. The molecule has 0 bridgehead atoms. The molecule has 0 amide bonds. The minimum absolute atomic E-state index is 0.118. The second-order valence-corrected chi connectivity index (χ2v) is 11.7. The van der Waals surface area contributed by atoms with Gasteiger partial charge in [-0.25, -0.2) is 16.8 Å². The first-order chi connectivity index (χ1) is 17.1. The number of benzene rings is 4. The van der Waals surface area contributed by atoms with Gasteiger partial charge in [0.25, 0.3) is 0 Å². The Balaban J connectivity index is 1.48. The molecule has 0 heterocycles. The second-order valence-electron chi connectivity index (χ2n) is 8.45. The van der Waals surface area contributed by atoms with Gasteiger partial charge < -0.3 is 9.44 Å². The molecular weight excluding hydrogens is 496 g/mol. The molecule has 0 radical (unpaired) electrons. The van der Waals surface area contributed by atoms with E-state index < -0.39 is 25.8 Å². The number of rotatable bonds is 6. The zero-order valence-corrected chi connectivity index (χ0v) is 21.0.